The number of aryl methyl sites for hydroxylation is 1. The summed E-state index contributed by atoms with van der Waals surface area (Å²) in [7, 11) is 0. The molecule has 126 valence electrons. The minimum Gasteiger partial charge on any atom is -0.463 e. The molecule has 1 aromatic carbocycles. The molecular weight excluding hydrogens is 308 g/mol. The van der Waals surface area contributed by atoms with E-state index >= 15 is 0 Å². The Morgan fingerprint density at radius 2 is 1.92 bits per heavy atom. The van der Waals surface area contributed by atoms with Gasteiger partial charge in [-0.05, 0) is 32.0 Å². The Morgan fingerprint density at radius 1 is 1.21 bits per heavy atom. The van der Waals surface area contributed by atoms with Crippen molar-refractivity contribution in [2.45, 2.75) is 33.0 Å². The second kappa shape index (κ2) is 6.61. The number of carbonyl (C=O) groups excluding carboxylic acids is 2. The molecule has 1 aliphatic heterocycles. The molecule has 0 spiro atoms. The Labute approximate surface area is 140 Å². The molecule has 0 N–H and O–H groups in total. The summed E-state index contributed by atoms with van der Waals surface area (Å²) in [5.74, 6) is 0.653. The summed E-state index contributed by atoms with van der Waals surface area (Å²) in [5.41, 5.74) is 1.02. The van der Waals surface area contributed by atoms with Crippen molar-refractivity contribution < 1.29 is 23.5 Å². The summed E-state index contributed by atoms with van der Waals surface area (Å²) < 4.78 is 17.1. The maximum atomic E-state index is 12.3. The molecule has 0 saturated carbocycles. The summed E-state index contributed by atoms with van der Waals surface area (Å²) in [6.45, 7) is 5.66. The van der Waals surface area contributed by atoms with Gasteiger partial charge in [-0.1, -0.05) is 25.1 Å². The minimum atomic E-state index is -0.500. The van der Waals surface area contributed by atoms with Gasteiger partial charge in [-0.15, -0.1) is 0 Å². The van der Waals surface area contributed by atoms with E-state index in [4.69, 9.17) is 13.9 Å². The quantitative estimate of drug-likeness (QED) is 0.632. The Bertz CT molecular complexity index is 746. The van der Waals surface area contributed by atoms with Crippen LogP contribution in [0.5, 0.6) is 0 Å². The van der Waals surface area contributed by atoms with E-state index in [0.717, 1.165) is 0 Å². The van der Waals surface area contributed by atoms with Crippen LogP contribution in [0.1, 0.15) is 52.2 Å². The van der Waals surface area contributed by atoms with Gasteiger partial charge in [0.05, 0.1) is 17.7 Å². The van der Waals surface area contributed by atoms with E-state index in [9.17, 15) is 9.59 Å². The summed E-state index contributed by atoms with van der Waals surface area (Å²) in [6.07, 6.45) is -0.956. The number of esters is 1. The van der Waals surface area contributed by atoms with Crippen LogP contribution in [0.2, 0.25) is 0 Å². The first-order valence-corrected chi connectivity index (χ1v) is 7.96. The van der Waals surface area contributed by atoms with Crippen LogP contribution in [-0.2, 0) is 9.47 Å². The zero-order chi connectivity index (χ0) is 17.3. The van der Waals surface area contributed by atoms with E-state index in [1.54, 1.807) is 37.3 Å². The molecule has 2 aromatic rings. The molecule has 0 bridgehead atoms. The standard InChI is InChI=1S/C19H20O5/c1-11-10-22-18(16-9-15(12(2)20)13(3)23-16)17(11)24-19(21)14-7-5-4-6-8-14/h4-9,11,17-18H,10H2,1-3H3. The Balaban J connectivity index is 1.82. The number of hydrogen-bond donors (Lipinski definition) is 0. The van der Waals surface area contributed by atoms with Crippen molar-refractivity contribution in [3.05, 3.63) is 59.0 Å². The largest absolute Gasteiger partial charge is 0.463 e. The first-order chi connectivity index (χ1) is 11.5. The van der Waals surface area contributed by atoms with E-state index in [2.05, 4.69) is 0 Å². The molecule has 3 unspecified atom stereocenters. The Kier molecular flexibility index (Phi) is 4.53. The second-order valence-corrected chi connectivity index (χ2v) is 6.14. The highest BCUT2D eigenvalue weighted by atomic mass is 16.6. The molecule has 5 nitrogen and oxygen atoms in total. The number of Topliss-reactive ketones (excluding diaryl/α,β-unsaturated/α-hetero) is 1. The van der Waals surface area contributed by atoms with Gasteiger partial charge in [-0.2, -0.15) is 0 Å². The maximum Gasteiger partial charge on any atom is 0.338 e. The van der Waals surface area contributed by atoms with Crippen LogP contribution in [0.4, 0.5) is 0 Å². The third kappa shape index (κ3) is 3.12. The zero-order valence-corrected chi connectivity index (χ0v) is 13.9. The first-order valence-electron chi connectivity index (χ1n) is 7.96. The summed E-state index contributed by atoms with van der Waals surface area (Å²) in [4.78, 5) is 24.0. The third-order valence-electron chi connectivity index (χ3n) is 4.25. The van der Waals surface area contributed by atoms with Gasteiger partial charge < -0.3 is 13.9 Å². The zero-order valence-electron chi connectivity index (χ0n) is 13.9. The smallest absolute Gasteiger partial charge is 0.338 e. The lowest BCUT2D eigenvalue weighted by Gasteiger charge is -2.20. The molecule has 0 radical (unpaired) electrons. The summed E-state index contributed by atoms with van der Waals surface area (Å²) >= 11 is 0. The summed E-state index contributed by atoms with van der Waals surface area (Å²) in [5, 5.41) is 0. The molecule has 3 atom stereocenters. The third-order valence-corrected chi connectivity index (χ3v) is 4.25. The molecule has 3 rings (SSSR count). The lowest BCUT2D eigenvalue weighted by molar-refractivity contribution is -0.0113. The van der Waals surface area contributed by atoms with Crippen LogP contribution in [0.25, 0.3) is 0 Å². The second-order valence-electron chi connectivity index (χ2n) is 6.14. The average Bonchev–Trinajstić information content (AvgIpc) is 3.12. The van der Waals surface area contributed by atoms with Crippen LogP contribution < -0.4 is 0 Å². The average molecular weight is 328 g/mol. The van der Waals surface area contributed by atoms with E-state index in [1.807, 2.05) is 13.0 Å². The van der Waals surface area contributed by atoms with Gasteiger partial charge in [-0.3, -0.25) is 4.79 Å². The molecule has 1 aromatic heterocycles. The number of rotatable bonds is 4. The van der Waals surface area contributed by atoms with Crippen LogP contribution in [-0.4, -0.2) is 24.5 Å². The predicted molar refractivity (Wildman–Crippen MR) is 87.0 cm³/mol. The molecule has 1 saturated heterocycles. The van der Waals surface area contributed by atoms with Gasteiger partial charge in [0.2, 0.25) is 0 Å². The molecule has 2 heterocycles. The maximum absolute atomic E-state index is 12.3. The van der Waals surface area contributed by atoms with Gasteiger partial charge >= 0.3 is 5.97 Å². The van der Waals surface area contributed by atoms with Crippen LogP contribution in [0.15, 0.2) is 40.8 Å². The van der Waals surface area contributed by atoms with Gasteiger partial charge in [-0.25, -0.2) is 4.79 Å². The van der Waals surface area contributed by atoms with Gasteiger partial charge in [0, 0.05) is 5.92 Å². The predicted octanol–water partition coefficient (Wildman–Crippen LogP) is 3.72. The van der Waals surface area contributed by atoms with E-state index in [1.165, 1.54) is 6.92 Å². The monoisotopic (exact) mass is 328 g/mol. The highest BCUT2D eigenvalue weighted by Crippen LogP contribution is 2.37. The van der Waals surface area contributed by atoms with Gasteiger partial charge in [0.1, 0.15) is 17.6 Å². The van der Waals surface area contributed by atoms with Crippen molar-refractivity contribution in [2.24, 2.45) is 5.92 Å². The highest BCUT2D eigenvalue weighted by molar-refractivity contribution is 5.95. The fraction of sp³-hybridized carbons (Fsp3) is 0.368. The van der Waals surface area contributed by atoms with Gasteiger partial charge in [0.25, 0.3) is 0 Å². The van der Waals surface area contributed by atoms with Crippen molar-refractivity contribution >= 4 is 11.8 Å². The molecule has 0 amide bonds. The van der Waals surface area contributed by atoms with E-state index in [0.29, 0.717) is 29.3 Å². The number of furan rings is 1. The highest BCUT2D eigenvalue weighted by Gasteiger charge is 2.41. The summed E-state index contributed by atoms with van der Waals surface area (Å²) in [6, 6.07) is 10.5. The van der Waals surface area contributed by atoms with Crippen molar-refractivity contribution in [1.82, 2.24) is 0 Å². The molecule has 1 aliphatic rings. The fourth-order valence-corrected chi connectivity index (χ4v) is 2.93. The van der Waals surface area contributed by atoms with Crippen molar-refractivity contribution in [1.29, 1.82) is 0 Å². The van der Waals surface area contributed by atoms with E-state index in [-0.39, 0.29) is 11.7 Å². The molecular formula is C19H20O5. The number of ketones is 1. The van der Waals surface area contributed by atoms with Crippen LogP contribution >= 0.6 is 0 Å². The van der Waals surface area contributed by atoms with Crippen molar-refractivity contribution in [2.75, 3.05) is 6.61 Å². The van der Waals surface area contributed by atoms with E-state index < -0.39 is 18.2 Å². The number of ether oxygens (including phenoxy) is 2. The number of hydrogen-bond acceptors (Lipinski definition) is 5. The Hall–Kier alpha value is -2.40. The SMILES string of the molecule is CC(=O)c1cc(C2OCC(C)C2OC(=O)c2ccccc2)oc1C. The molecule has 24 heavy (non-hydrogen) atoms. The lowest BCUT2D eigenvalue weighted by Crippen LogP contribution is -2.26. The van der Waals surface area contributed by atoms with Crippen LogP contribution in [0.3, 0.4) is 0 Å². The normalized spacial score (nSPS) is 23.2. The Morgan fingerprint density at radius 3 is 2.54 bits per heavy atom. The molecule has 5 heteroatoms. The van der Waals surface area contributed by atoms with Crippen molar-refractivity contribution in [3.63, 3.8) is 0 Å². The number of carbonyl (C=O) groups is 2. The van der Waals surface area contributed by atoms with Crippen molar-refractivity contribution in [3.8, 4) is 0 Å². The first kappa shape index (κ1) is 16.5. The van der Waals surface area contributed by atoms with Gasteiger partial charge in [0.15, 0.2) is 11.9 Å². The molecule has 0 aliphatic carbocycles. The fourth-order valence-electron chi connectivity index (χ4n) is 2.93. The van der Waals surface area contributed by atoms with Crippen LogP contribution in [0, 0.1) is 12.8 Å². The minimum absolute atomic E-state index is 0.0360. The molecule has 1 fully saturated rings. The number of benzene rings is 1. The topological polar surface area (TPSA) is 65.7 Å². The lowest BCUT2D eigenvalue weighted by atomic mass is 10.0.